The number of benzene rings is 1. The standard InChI is InChI=1S/C12H20N2O2/c1-14(2)10(8-13)9-5-6-11(15-3)12(7-9)16-4/h5-7,10H,8,13H2,1-4H3/t10-/m1/s1. The van der Waals surface area contributed by atoms with Gasteiger partial charge in [-0.2, -0.15) is 0 Å². The molecule has 4 heteroatoms. The average molecular weight is 224 g/mol. The minimum Gasteiger partial charge on any atom is -0.493 e. The van der Waals surface area contributed by atoms with Crippen molar-refractivity contribution >= 4 is 0 Å². The molecule has 0 amide bonds. The van der Waals surface area contributed by atoms with Crippen LogP contribution in [0.2, 0.25) is 0 Å². The highest BCUT2D eigenvalue weighted by atomic mass is 16.5. The van der Waals surface area contributed by atoms with Gasteiger partial charge in [-0.1, -0.05) is 6.07 Å². The monoisotopic (exact) mass is 224 g/mol. The molecule has 16 heavy (non-hydrogen) atoms. The summed E-state index contributed by atoms with van der Waals surface area (Å²) in [5, 5.41) is 0. The van der Waals surface area contributed by atoms with Crippen LogP contribution >= 0.6 is 0 Å². The highest BCUT2D eigenvalue weighted by Crippen LogP contribution is 2.30. The van der Waals surface area contributed by atoms with Gasteiger partial charge >= 0.3 is 0 Å². The molecule has 0 spiro atoms. The lowest BCUT2D eigenvalue weighted by molar-refractivity contribution is 0.303. The van der Waals surface area contributed by atoms with Crippen LogP contribution in [0.15, 0.2) is 18.2 Å². The fraction of sp³-hybridized carbons (Fsp3) is 0.500. The lowest BCUT2D eigenvalue weighted by Crippen LogP contribution is -2.27. The number of nitrogens with zero attached hydrogens (tertiary/aromatic N) is 1. The first kappa shape index (κ1) is 12.8. The predicted octanol–water partition coefficient (Wildman–Crippen LogP) is 1.27. The molecule has 1 aromatic carbocycles. The van der Waals surface area contributed by atoms with Crippen molar-refractivity contribution in [3.05, 3.63) is 23.8 Å². The summed E-state index contributed by atoms with van der Waals surface area (Å²) in [6.45, 7) is 0.572. The molecule has 0 unspecified atom stereocenters. The Bertz CT molecular complexity index is 340. The second kappa shape index (κ2) is 5.72. The van der Waals surface area contributed by atoms with Gasteiger partial charge < -0.3 is 20.1 Å². The van der Waals surface area contributed by atoms with Crippen molar-refractivity contribution in [3.63, 3.8) is 0 Å². The third-order valence-corrected chi connectivity index (χ3v) is 2.64. The molecule has 1 aromatic rings. The van der Waals surface area contributed by atoms with E-state index >= 15 is 0 Å². The summed E-state index contributed by atoms with van der Waals surface area (Å²) in [5.74, 6) is 1.47. The molecule has 0 saturated carbocycles. The molecule has 0 aliphatic carbocycles. The van der Waals surface area contributed by atoms with Crippen LogP contribution in [0.3, 0.4) is 0 Å². The van der Waals surface area contributed by atoms with Crippen LogP contribution < -0.4 is 15.2 Å². The van der Waals surface area contributed by atoms with E-state index in [0.717, 1.165) is 17.1 Å². The van der Waals surface area contributed by atoms with Crippen molar-refractivity contribution in [2.45, 2.75) is 6.04 Å². The second-order valence-corrected chi connectivity index (χ2v) is 3.83. The molecule has 0 radical (unpaired) electrons. The maximum Gasteiger partial charge on any atom is 0.161 e. The van der Waals surface area contributed by atoms with Crippen molar-refractivity contribution in [2.75, 3.05) is 34.9 Å². The summed E-state index contributed by atoms with van der Waals surface area (Å²) in [4.78, 5) is 2.08. The molecule has 1 atom stereocenters. The summed E-state index contributed by atoms with van der Waals surface area (Å²) in [6.07, 6.45) is 0. The zero-order valence-corrected chi connectivity index (χ0v) is 10.4. The largest absolute Gasteiger partial charge is 0.493 e. The number of rotatable bonds is 5. The third-order valence-electron chi connectivity index (χ3n) is 2.64. The quantitative estimate of drug-likeness (QED) is 0.818. The smallest absolute Gasteiger partial charge is 0.161 e. The molecular formula is C12H20N2O2. The predicted molar refractivity (Wildman–Crippen MR) is 65.0 cm³/mol. The Morgan fingerprint density at radius 2 is 1.81 bits per heavy atom. The van der Waals surface area contributed by atoms with Crippen molar-refractivity contribution in [1.82, 2.24) is 4.90 Å². The SMILES string of the molecule is COc1ccc([C@@H](CN)N(C)C)cc1OC. The van der Waals surface area contributed by atoms with Gasteiger partial charge in [0, 0.05) is 12.6 Å². The normalized spacial score (nSPS) is 12.6. The van der Waals surface area contributed by atoms with Gasteiger partial charge in [-0.15, -0.1) is 0 Å². The topological polar surface area (TPSA) is 47.7 Å². The van der Waals surface area contributed by atoms with Crippen LogP contribution in [-0.4, -0.2) is 39.8 Å². The Balaban J connectivity index is 3.06. The molecule has 0 aliphatic rings. The number of likely N-dealkylation sites (N-methyl/N-ethyl adjacent to an activating group) is 1. The number of nitrogens with two attached hydrogens (primary N) is 1. The molecule has 1 rings (SSSR count). The molecule has 0 fully saturated rings. The van der Waals surface area contributed by atoms with Crippen LogP contribution in [0.5, 0.6) is 11.5 Å². The minimum atomic E-state index is 0.194. The zero-order valence-electron chi connectivity index (χ0n) is 10.4. The molecule has 2 N–H and O–H groups in total. The number of hydrogen-bond donors (Lipinski definition) is 1. The van der Waals surface area contributed by atoms with E-state index in [4.69, 9.17) is 15.2 Å². The van der Waals surface area contributed by atoms with Crippen LogP contribution in [0, 0.1) is 0 Å². The van der Waals surface area contributed by atoms with Crippen LogP contribution in [-0.2, 0) is 0 Å². The van der Waals surface area contributed by atoms with E-state index in [9.17, 15) is 0 Å². The van der Waals surface area contributed by atoms with Crippen molar-refractivity contribution in [3.8, 4) is 11.5 Å². The van der Waals surface area contributed by atoms with Gasteiger partial charge in [0.05, 0.1) is 14.2 Å². The fourth-order valence-corrected chi connectivity index (χ4v) is 1.71. The molecule has 0 bridgehead atoms. The minimum absolute atomic E-state index is 0.194. The van der Waals surface area contributed by atoms with Gasteiger partial charge in [0.15, 0.2) is 11.5 Å². The maximum absolute atomic E-state index is 5.75. The molecule has 90 valence electrons. The Labute approximate surface area is 96.9 Å². The molecular weight excluding hydrogens is 204 g/mol. The summed E-state index contributed by atoms with van der Waals surface area (Å²) >= 11 is 0. The maximum atomic E-state index is 5.75. The highest BCUT2D eigenvalue weighted by Gasteiger charge is 2.14. The van der Waals surface area contributed by atoms with E-state index in [1.54, 1.807) is 14.2 Å². The van der Waals surface area contributed by atoms with Gasteiger partial charge in [0.1, 0.15) is 0 Å². The highest BCUT2D eigenvalue weighted by molar-refractivity contribution is 5.43. The summed E-state index contributed by atoms with van der Waals surface area (Å²) < 4.78 is 10.5. The summed E-state index contributed by atoms with van der Waals surface area (Å²) in [5.41, 5.74) is 6.88. The lowest BCUT2D eigenvalue weighted by atomic mass is 10.1. The fourth-order valence-electron chi connectivity index (χ4n) is 1.71. The molecule has 0 aromatic heterocycles. The van der Waals surface area contributed by atoms with Gasteiger partial charge in [0.25, 0.3) is 0 Å². The van der Waals surface area contributed by atoms with E-state index in [-0.39, 0.29) is 6.04 Å². The summed E-state index contributed by atoms with van der Waals surface area (Å²) in [7, 11) is 7.28. The van der Waals surface area contributed by atoms with Gasteiger partial charge in [-0.25, -0.2) is 0 Å². The van der Waals surface area contributed by atoms with Crippen molar-refractivity contribution in [1.29, 1.82) is 0 Å². The first-order chi connectivity index (χ1) is 7.63. The van der Waals surface area contributed by atoms with Gasteiger partial charge in [-0.05, 0) is 31.8 Å². The molecule has 0 heterocycles. The van der Waals surface area contributed by atoms with E-state index in [2.05, 4.69) is 4.90 Å². The van der Waals surface area contributed by atoms with Gasteiger partial charge in [0.2, 0.25) is 0 Å². The van der Waals surface area contributed by atoms with E-state index < -0.39 is 0 Å². The van der Waals surface area contributed by atoms with E-state index in [1.165, 1.54) is 0 Å². The first-order valence-electron chi connectivity index (χ1n) is 5.22. The van der Waals surface area contributed by atoms with Crippen molar-refractivity contribution < 1.29 is 9.47 Å². The molecule has 0 saturated heterocycles. The second-order valence-electron chi connectivity index (χ2n) is 3.83. The van der Waals surface area contributed by atoms with Crippen LogP contribution in [0.25, 0.3) is 0 Å². The number of hydrogen-bond acceptors (Lipinski definition) is 4. The van der Waals surface area contributed by atoms with Gasteiger partial charge in [-0.3, -0.25) is 0 Å². The van der Waals surface area contributed by atoms with Crippen molar-refractivity contribution in [2.24, 2.45) is 5.73 Å². The lowest BCUT2D eigenvalue weighted by Gasteiger charge is -2.23. The van der Waals surface area contributed by atoms with Crippen LogP contribution in [0.4, 0.5) is 0 Å². The Kier molecular flexibility index (Phi) is 4.58. The number of ether oxygens (including phenoxy) is 2. The van der Waals surface area contributed by atoms with Crippen LogP contribution in [0.1, 0.15) is 11.6 Å². The zero-order chi connectivity index (χ0) is 12.1. The Morgan fingerprint density at radius 3 is 2.25 bits per heavy atom. The number of methoxy groups -OCH3 is 2. The molecule has 0 aliphatic heterocycles. The molecule has 4 nitrogen and oxygen atoms in total. The third kappa shape index (κ3) is 2.65. The van der Waals surface area contributed by atoms with E-state index in [0.29, 0.717) is 6.54 Å². The Hall–Kier alpha value is -1.26. The average Bonchev–Trinajstić information content (AvgIpc) is 2.29. The first-order valence-corrected chi connectivity index (χ1v) is 5.22. The Morgan fingerprint density at radius 1 is 1.19 bits per heavy atom. The van der Waals surface area contributed by atoms with E-state index in [1.807, 2.05) is 32.3 Å². The summed E-state index contributed by atoms with van der Waals surface area (Å²) in [6, 6.07) is 6.08.